The highest BCUT2D eigenvalue weighted by molar-refractivity contribution is 7.99. The fraction of sp³-hybridized carbons (Fsp3) is 0.242. The van der Waals surface area contributed by atoms with Crippen molar-refractivity contribution in [3.8, 4) is 0 Å². The van der Waals surface area contributed by atoms with Gasteiger partial charge < -0.3 is 9.84 Å². The lowest BCUT2D eigenvalue weighted by atomic mass is 9.98. The number of cyclic esters (lactones) is 1. The number of aromatic nitrogens is 1. The minimum Gasteiger partial charge on any atom is -0.481 e. The maximum atomic E-state index is 12.5. The van der Waals surface area contributed by atoms with Crippen LogP contribution in [0.15, 0.2) is 78.9 Å². The highest BCUT2D eigenvalue weighted by Gasteiger charge is 2.45. The van der Waals surface area contributed by atoms with Crippen molar-refractivity contribution in [2.75, 3.05) is 5.75 Å². The van der Waals surface area contributed by atoms with Crippen molar-refractivity contribution in [1.82, 2.24) is 4.98 Å². The van der Waals surface area contributed by atoms with E-state index in [0.717, 1.165) is 51.9 Å². The van der Waals surface area contributed by atoms with E-state index < -0.39 is 5.97 Å². The maximum absolute atomic E-state index is 12.5. The second-order valence-corrected chi connectivity index (χ2v) is 12.3. The van der Waals surface area contributed by atoms with Crippen molar-refractivity contribution >= 4 is 58.4 Å². The van der Waals surface area contributed by atoms with Gasteiger partial charge in [0.25, 0.3) is 0 Å². The van der Waals surface area contributed by atoms with Gasteiger partial charge >= 0.3 is 11.9 Å². The number of carbonyl (C=O) groups excluding carboxylic acids is 1. The van der Waals surface area contributed by atoms with Crippen LogP contribution in [0.3, 0.4) is 0 Å². The second-order valence-electron chi connectivity index (χ2n) is 10.7. The van der Waals surface area contributed by atoms with Crippen LogP contribution in [-0.4, -0.2) is 27.8 Å². The highest BCUT2D eigenvalue weighted by atomic mass is 35.5. The largest absolute Gasteiger partial charge is 0.481 e. The first-order valence-corrected chi connectivity index (χ1v) is 14.8. The number of nitrogens with zero attached hydrogens (tertiary/aromatic N) is 1. The van der Waals surface area contributed by atoms with E-state index in [1.807, 2.05) is 72.8 Å². The molecule has 2 aliphatic rings. The standard InChI is InChI=1S/C33H28ClNO4S/c34-24-11-9-22-10-13-25(35-28(22)17-24)12-8-21-4-3-5-23(16-21)30(40-20-33(14-15-33)19-31(36)37)18-29-26-6-1-2-7-27(26)32(38)39-29/h1-13,16-17,29-30H,14-15,18-20H2,(H,36,37)/b12-8+/t29-,30+/m0/s1. The summed E-state index contributed by atoms with van der Waals surface area (Å²) in [6.07, 6.45) is 6.39. The second kappa shape index (κ2) is 11.1. The summed E-state index contributed by atoms with van der Waals surface area (Å²) < 4.78 is 5.80. The lowest BCUT2D eigenvalue weighted by Crippen LogP contribution is -2.13. The van der Waals surface area contributed by atoms with Gasteiger partial charge in [-0.05, 0) is 59.7 Å². The summed E-state index contributed by atoms with van der Waals surface area (Å²) in [5, 5.41) is 11.1. The molecule has 7 heteroatoms. The molecule has 0 spiro atoms. The van der Waals surface area contributed by atoms with E-state index in [2.05, 4.69) is 18.2 Å². The molecule has 1 saturated carbocycles. The summed E-state index contributed by atoms with van der Waals surface area (Å²) >= 11 is 7.92. The Labute approximate surface area is 242 Å². The van der Waals surface area contributed by atoms with Crippen LogP contribution in [0.1, 0.15) is 69.8 Å². The Hall–Kier alpha value is -3.61. The first kappa shape index (κ1) is 26.6. The molecule has 2 atom stereocenters. The molecule has 1 aromatic heterocycles. The predicted molar refractivity (Wildman–Crippen MR) is 160 cm³/mol. The lowest BCUT2D eigenvalue weighted by Gasteiger charge is -2.23. The molecule has 0 amide bonds. The maximum Gasteiger partial charge on any atom is 0.339 e. The Bertz CT molecular complexity index is 1630. The third-order valence-electron chi connectivity index (χ3n) is 7.68. The number of carbonyl (C=O) groups is 2. The molecular formula is C33H28ClNO4S. The lowest BCUT2D eigenvalue weighted by molar-refractivity contribution is -0.138. The van der Waals surface area contributed by atoms with Gasteiger partial charge in [0.2, 0.25) is 0 Å². The molecule has 5 nitrogen and oxygen atoms in total. The van der Waals surface area contributed by atoms with E-state index in [4.69, 9.17) is 21.3 Å². The van der Waals surface area contributed by atoms with Crippen LogP contribution in [0.4, 0.5) is 0 Å². The first-order valence-electron chi connectivity index (χ1n) is 13.4. The monoisotopic (exact) mass is 569 g/mol. The first-order chi connectivity index (χ1) is 19.4. The zero-order valence-corrected chi connectivity index (χ0v) is 23.3. The van der Waals surface area contributed by atoms with Crippen molar-refractivity contribution in [3.05, 3.63) is 112 Å². The van der Waals surface area contributed by atoms with Gasteiger partial charge in [0.1, 0.15) is 6.10 Å². The van der Waals surface area contributed by atoms with Crippen LogP contribution in [0, 0.1) is 5.41 Å². The highest BCUT2D eigenvalue weighted by Crippen LogP contribution is 2.54. The minimum atomic E-state index is -0.745. The number of fused-ring (bicyclic) bond motifs is 2. The zero-order valence-electron chi connectivity index (χ0n) is 21.8. The van der Waals surface area contributed by atoms with Crippen molar-refractivity contribution in [3.63, 3.8) is 0 Å². The molecule has 0 radical (unpaired) electrons. The van der Waals surface area contributed by atoms with Crippen LogP contribution in [-0.2, 0) is 9.53 Å². The van der Waals surface area contributed by atoms with Gasteiger partial charge in [0.05, 0.1) is 23.2 Å². The SMILES string of the molecule is O=C(O)CC1(CS[C@H](C[C@@H]2OC(=O)c3ccccc32)c2cccc(/C=C/c3ccc4ccc(Cl)cc4n3)c2)CC1. The molecule has 1 aliphatic carbocycles. The summed E-state index contributed by atoms with van der Waals surface area (Å²) in [6.45, 7) is 0. The minimum absolute atomic E-state index is 0.0320. The van der Waals surface area contributed by atoms with Crippen LogP contribution in [0.2, 0.25) is 5.02 Å². The van der Waals surface area contributed by atoms with Gasteiger partial charge in [-0.1, -0.05) is 72.3 Å². The number of aliphatic carboxylic acids is 1. The number of pyridine rings is 1. The molecule has 1 fully saturated rings. The number of benzene rings is 3. The van der Waals surface area contributed by atoms with Crippen molar-refractivity contribution in [2.24, 2.45) is 5.41 Å². The Morgan fingerprint density at radius 1 is 1.07 bits per heavy atom. The average Bonchev–Trinajstić information content (AvgIpc) is 3.64. The van der Waals surface area contributed by atoms with Gasteiger partial charge in [0, 0.05) is 33.4 Å². The van der Waals surface area contributed by atoms with Crippen LogP contribution < -0.4 is 0 Å². The summed E-state index contributed by atoms with van der Waals surface area (Å²) in [6, 6.07) is 25.6. The Morgan fingerprint density at radius 2 is 1.90 bits per heavy atom. The summed E-state index contributed by atoms with van der Waals surface area (Å²) in [5.74, 6) is -0.268. The Kier molecular flexibility index (Phi) is 7.39. The molecule has 0 saturated heterocycles. The normalized spacial score (nSPS) is 18.0. The Morgan fingerprint density at radius 3 is 2.73 bits per heavy atom. The van der Waals surface area contributed by atoms with E-state index in [-0.39, 0.29) is 29.2 Å². The summed E-state index contributed by atoms with van der Waals surface area (Å²) in [7, 11) is 0. The molecule has 3 aromatic carbocycles. The van der Waals surface area contributed by atoms with E-state index in [0.29, 0.717) is 17.0 Å². The van der Waals surface area contributed by atoms with Gasteiger partial charge in [-0.15, -0.1) is 0 Å². The van der Waals surface area contributed by atoms with Crippen LogP contribution in [0.25, 0.3) is 23.1 Å². The van der Waals surface area contributed by atoms with E-state index >= 15 is 0 Å². The van der Waals surface area contributed by atoms with Gasteiger partial charge in [-0.25, -0.2) is 9.78 Å². The number of carboxylic acid groups (broad SMARTS) is 1. The number of thioether (sulfide) groups is 1. The molecule has 0 unspecified atom stereocenters. The Balaban J connectivity index is 1.25. The molecule has 40 heavy (non-hydrogen) atoms. The van der Waals surface area contributed by atoms with E-state index in [9.17, 15) is 14.7 Å². The van der Waals surface area contributed by atoms with Crippen LogP contribution >= 0.6 is 23.4 Å². The number of carboxylic acids is 1. The molecule has 2 heterocycles. The smallest absolute Gasteiger partial charge is 0.339 e. The van der Waals surface area contributed by atoms with E-state index in [1.54, 1.807) is 11.8 Å². The third-order valence-corrected chi connectivity index (χ3v) is 9.56. The predicted octanol–water partition coefficient (Wildman–Crippen LogP) is 8.39. The third kappa shape index (κ3) is 5.93. The van der Waals surface area contributed by atoms with Gasteiger partial charge in [0.15, 0.2) is 0 Å². The molecule has 0 bridgehead atoms. The van der Waals surface area contributed by atoms with Crippen molar-refractivity contribution in [1.29, 1.82) is 0 Å². The molecule has 1 aliphatic heterocycles. The molecule has 202 valence electrons. The molecule has 6 rings (SSSR count). The average molecular weight is 570 g/mol. The molecular weight excluding hydrogens is 542 g/mol. The molecule has 4 aromatic rings. The van der Waals surface area contributed by atoms with Crippen molar-refractivity contribution in [2.45, 2.75) is 37.0 Å². The van der Waals surface area contributed by atoms with Crippen LogP contribution in [0.5, 0.6) is 0 Å². The van der Waals surface area contributed by atoms with Gasteiger partial charge in [-0.2, -0.15) is 11.8 Å². The van der Waals surface area contributed by atoms with E-state index in [1.165, 1.54) is 0 Å². The number of rotatable bonds is 10. The fourth-order valence-electron chi connectivity index (χ4n) is 5.28. The number of halogens is 1. The quantitative estimate of drug-likeness (QED) is 0.193. The molecule has 1 N–H and O–H groups in total. The van der Waals surface area contributed by atoms with Crippen molar-refractivity contribution < 1.29 is 19.4 Å². The summed E-state index contributed by atoms with van der Waals surface area (Å²) in [5.41, 5.74) is 5.25. The number of hydrogen-bond acceptors (Lipinski definition) is 5. The topological polar surface area (TPSA) is 76.5 Å². The number of hydrogen-bond donors (Lipinski definition) is 1. The zero-order chi connectivity index (χ0) is 27.7. The number of ether oxygens (including phenoxy) is 1. The fourth-order valence-corrected chi connectivity index (χ4v) is 7.04. The number of esters is 1. The summed E-state index contributed by atoms with van der Waals surface area (Å²) in [4.78, 5) is 28.7. The van der Waals surface area contributed by atoms with Gasteiger partial charge in [-0.3, -0.25) is 4.79 Å².